The molecule has 0 saturated heterocycles. The number of nitrogens with one attached hydrogen (secondary N) is 2. The number of hydrogen-bond acceptors (Lipinski definition) is 5. The lowest BCUT2D eigenvalue weighted by atomic mass is 10.0. The van der Waals surface area contributed by atoms with Gasteiger partial charge in [-0.25, -0.2) is 0 Å². The van der Waals surface area contributed by atoms with Crippen molar-refractivity contribution in [1.29, 1.82) is 0 Å². The Bertz CT molecular complexity index is 853. The third kappa shape index (κ3) is 7.60. The van der Waals surface area contributed by atoms with Crippen LogP contribution in [0, 0.1) is 0 Å². The lowest BCUT2D eigenvalue weighted by molar-refractivity contribution is -0.112. The van der Waals surface area contributed by atoms with E-state index in [0.717, 1.165) is 41.5 Å². The Kier molecular flexibility index (Phi) is 10.6. The second kappa shape index (κ2) is 13.2. The van der Waals surface area contributed by atoms with Gasteiger partial charge in [0.15, 0.2) is 0 Å². The third-order valence-electron chi connectivity index (χ3n) is 4.84. The zero-order valence-corrected chi connectivity index (χ0v) is 20.7. The molecule has 0 atom stereocenters. The maximum absolute atomic E-state index is 11.8. The van der Waals surface area contributed by atoms with Crippen LogP contribution in [0.25, 0.3) is 11.1 Å². The van der Waals surface area contributed by atoms with E-state index in [1.807, 2.05) is 57.2 Å². The standard InChI is InChI=1S/C25H36N2O4Si/c1-6-29-32(30-7-2,31-8-3)19-11-18-26-24-13-10-9-12-23(24)21-14-16-22(17-15-21)27-25(28)20(4)5/h9-10,12-17,26H,4,6-8,11,18-19H2,1-3,5H3,(H,27,28). The average molecular weight is 457 g/mol. The smallest absolute Gasteiger partial charge is 0.385 e. The van der Waals surface area contributed by atoms with E-state index in [1.54, 1.807) is 6.92 Å². The Labute approximate surface area is 193 Å². The van der Waals surface area contributed by atoms with Crippen molar-refractivity contribution in [1.82, 2.24) is 0 Å². The summed E-state index contributed by atoms with van der Waals surface area (Å²) in [6.07, 6.45) is 0.881. The molecule has 0 aromatic heterocycles. The summed E-state index contributed by atoms with van der Waals surface area (Å²) >= 11 is 0. The highest BCUT2D eigenvalue weighted by Crippen LogP contribution is 2.29. The van der Waals surface area contributed by atoms with Crippen LogP contribution >= 0.6 is 0 Å². The van der Waals surface area contributed by atoms with Crippen LogP contribution in [0.2, 0.25) is 6.04 Å². The first-order valence-corrected chi connectivity index (χ1v) is 13.2. The molecular weight excluding hydrogens is 420 g/mol. The Morgan fingerprint density at radius 3 is 2.09 bits per heavy atom. The number of amides is 1. The van der Waals surface area contributed by atoms with Crippen LogP contribution in [0.4, 0.5) is 11.4 Å². The van der Waals surface area contributed by atoms with Gasteiger partial charge in [-0.1, -0.05) is 36.9 Å². The van der Waals surface area contributed by atoms with Crippen LogP contribution in [0.1, 0.15) is 34.1 Å². The maximum atomic E-state index is 11.8. The minimum absolute atomic E-state index is 0.175. The topological polar surface area (TPSA) is 68.8 Å². The first-order chi connectivity index (χ1) is 15.4. The molecule has 174 valence electrons. The molecule has 0 unspecified atom stereocenters. The Morgan fingerprint density at radius 2 is 1.53 bits per heavy atom. The lowest BCUT2D eigenvalue weighted by Crippen LogP contribution is -2.46. The number of hydrogen-bond donors (Lipinski definition) is 2. The molecule has 0 fully saturated rings. The number of benzene rings is 2. The Morgan fingerprint density at radius 1 is 0.938 bits per heavy atom. The Hall–Kier alpha value is -2.45. The van der Waals surface area contributed by atoms with E-state index in [0.29, 0.717) is 25.4 Å². The van der Waals surface area contributed by atoms with Gasteiger partial charge in [-0.2, -0.15) is 0 Å². The third-order valence-corrected chi connectivity index (χ3v) is 7.99. The number of carbonyl (C=O) groups excluding carboxylic acids is 1. The van der Waals surface area contributed by atoms with Crippen molar-refractivity contribution >= 4 is 26.1 Å². The van der Waals surface area contributed by atoms with Crippen molar-refractivity contribution in [3.63, 3.8) is 0 Å². The van der Waals surface area contributed by atoms with Crippen LogP contribution in [-0.4, -0.2) is 41.1 Å². The second-order valence-corrected chi connectivity index (χ2v) is 10.1. The first-order valence-electron chi connectivity index (χ1n) is 11.3. The summed E-state index contributed by atoms with van der Waals surface area (Å²) in [6.45, 7) is 13.8. The molecule has 0 aliphatic carbocycles. The fourth-order valence-corrected chi connectivity index (χ4v) is 6.00. The van der Waals surface area contributed by atoms with E-state index in [4.69, 9.17) is 13.3 Å². The molecule has 0 spiro atoms. The van der Waals surface area contributed by atoms with Gasteiger partial charge < -0.3 is 23.9 Å². The van der Waals surface area contributed by atoms with E-state index in [9.17, 15) is 4.79 Å². The van der Waals surface area contributed by atoms with Crippen molar-refractivity contribution in [2.24, 2.45) is 0 Å². The fraction of sp³-hybridized carbons (Fsp3) is 0.400. The summed E-state index contributed by atoms with van der Waals surface area (Å²) in [5.41, 5.74) is 4.46. The van der Waals surface area contributed by atoms with Gasteiger partial charge in [-0.15, -0.1) is 0 Å². The van der Waals surface area contributed by atoms with Gasteiger partial charge in [0, 0.05) is 54.9 Å². The highest BCUT2D eigenvalue weighted by molar-refractivity contribution is 6.60. The molecule has 0 aliphatic rings. The number of anilines is 2. The highest BCUT2D eigenvalue weighted by atomic mass is 28.4. The average Bonchev–Trinajstić information content (AvgIpc) is 2.78. The molecule has 2 aromatic carbocycles. The summed E-state index contributed by atoms with van der Waals surface area (Å²) in [6, 6.07) is 16.8. The molecule has 0 radical (unpaired) electrons. The minimum atomic E-state index is -2.62. The molecule has 0 heterocycles. The molecule has 2 aromatic rings. The van der Waals surface area contributed by atoms with Gasteiger partial charge in [0.1, 0.15) is 0 Å². The van der Waals surface area contributed by atoms with Crippen molar-refractivity contribution < 1.29 is 18.1 Å². The molecule has 7 heteroatoms. The van der Waals surface area contributed by atoms with Crippen LogP contribution in [0.3, 0.4) is 0 Å². The van der Waals surface area contributed by atoms with Gasteiger partial charge >= 0.3 is 8.80 Å². The van der Waals surface area contributed by atoms with Crippen LogP contribution in [0.15, 0.2) is 60.7 Å². The van der Waals surface area contributed by atoms with Crippen LogP contribution in [0.5, 0.6) is 0 Å². The zero-order valence-electron chi connectivity index (χ0n) is 19.7. The first kappa shape index (κ1) is 25.8. The SMILES string of the molecule is C=C(C)C(=O)Nc1ccc(-c2ccccc2NCCC[Si](OCC)(OCC)OCC)cc1. The van der Waals surface area contributed by atoms with E-state index in [2.05, 4.69) is 29.3 Å². The van der Waals surface area contributed by atoms with Crippen LogP contribution in [-0.2, 0) is 18.1 Å². The number of carbonyl (C=O) groups is 1. The van der Waals surface area contributed by atoms with E-state index in [1.165, 1.54) is 0 Å². The molecule has 6 nitrogen and oxygen atoms in total. The van der Waals surface area contributed by atoms with Crippen molar-refractivity contribution in [2.75, 3.05) is 37.0 Å². The van der Waals surface area contributed by atoms with Gasteiger partial charge in [0.2, 0.25) is 0 Å². The summed E-state index contributed by atoms with van der Waals surface area (Å²) in [4.78, 5) is 11.8. The van der Waals surface area contributed by atoms with Gasteiger partial charge in [-0.05, 0) is 57.9 Å². The summed E-state index contributed by atoms with van der Waals surface area (Å²) in [5, 5.41) is 6.38. The van der Waals surface area contributed by atoms with E-state index >= 15 is 0 Å². The molecule has 0 saturated carbocycles. The van der Waals surface area contributed by atoms with E-state index < -0.39 is 8.80 Å². The second-order valence-electron chi connectivity index (χ2n) is 7.37. The Balaban J connectivity index is 2.03. The molecule has 2 rings (SSSR count). The lowest BCUT2D eigenvalue weighted by Gasteiger charge is -2.28. The molecule has 0 aliphatic heterocycles. The predicted octanol–water partition coefficient (Wildman–Crippen LogP) is 5.72. The predicted molar refractivity (Wildman–Crippen MR) is 134 cm³/mol. The maximum Gasteiger partial charge on any atom is 0.500 e. The summed E-state index contributed by atoms with van der Waals surface area (Å²) < 4.78 is 17.8. The highest BCUT2D eigenvalue weighted by Gasteiger charge is 2.39. The fourth-order valence-electron chi connectivity index (χ4n) is 3.39. The largest absolute Gasteiger partial charge is 0.500 e. The monoisotopic (exact) mass is 456 g/mol. The van der Waals surface area contributed by atoms with Crippen molar-refractivity contribution in [3.8, 4) is 11.1 Å². The summed E-state index contributed by atoms with van der Waals surface area (Å²) in [7, 11) is -2.62. The van der Waals surface area contributed by atoms with Gasteiger partial charge in [-0.3, -0.25) is 4.79 Å². The molecule has 2 N–H and O–H groups in total. The molecule has 32 heavy (non-hydrogen) atoms. The number of para-hydroxylation sites is 1. The van der Waals surface area contributed by atoms with Crippen LogP contribution < -0.4 is 10.6 Å². The molecular formula is C25H36N2O4Si. The van der Waals surface area contributed by atoms with Crippen molar-refractivity contribution in [3.05, 3.63) is 60.7 Å². The molecule has 0 bridgehead atoms. The van der Waals surface area contributed by atoms with Gasteiger partial charge in [0.05, 0.1) is 0 Å². The minimum Gasteiger partial charge on any atom is -0.385 e. The van der Waals surface area contributed by atoms with Gasteiger partial charge in [0.25, 0.3) is 5.91 Å². The zero-order chi connectivity index (χ0) is 23.4. The summed E-state index contributed by atoms with van der Waals surface area (Å²) in [5.74, 6) is -0.175. The quantitative estimate of drug-likeness (QED) is 0.216. The number of rotatable bonds is 14. The van der Waals surface area contributed by atoms with E-state index in [-0.39, 0.29) is 5.91 Å². The normalized spacial score (nSPS) is 11.2. The molecule has 1 amide bonds. The van der Waals surface area contributed by atoms with Crippen molar-refractivity contribution in [2.45, 2.75) is 40.2 Å².